The van der Waals surface area contributed by atoms with Crippen LogP contribution in [0.2, 0.25) is 0 Å². The molecule has 1 aromatic carbocycles. The van der Waals surface area contributed by atoms with Crippen LogP contribution in [0.25, 0.3) is 0 Å². The van der Waals surface area contributed by atoms with Crippen molar-refractivity contribution in [3.05, 3.63) is 47.8 Å². The monoisotopic (exact) mass is 253 g/mol. The van der Waals surface area contributed by atoms with E-state index in [1.54, 1.807) is 0 Å². The van der Waals surface area contributed by atoms with Gasteiger partial charge in [0.1, 0.15) is 0 Å². The van der Waals surface area contributed by atoms with Gasteiger partial charge in [0.25, 0.3) is 0 Å². The first-order chi connectivity index (χ1) is 9.06. The number of fused-ring (bicyclic) bond motifs is 1. The fourth-order valence-electron chi connectivity index (χ4n) is 2.98. The SMILES string of the molecule is CC1CC(C)(C)c2cnc(Nc3ccccc3)nc21. The molecule has 98 valence electrons. The van der Waals surface area contributed by atoms with Crippen LogP contribution in [0.1, 0.15) is 44.4 Å². The van der Waals surface area contributed by atoms with E-state index in [4.69, 9.17) is 4.98 Å². The highest BCUT2D eigenvalue weighted by molar-refractivity contribution is 5.53. The Bertz CT molecular complexity index is 590. The average molecular weight is 253 g/mol. The summed E-state index contributed by atoms with van der Waals surface area (Å²) >= 11 is 0. The van der Waals surface area contributed by atoms with E-state index < -0.39 is 0 Å². The lowest BCUT2D eigenvalue weighted by atomic mass is 9.87. The van der Waals surface area contributed by atoms with Crippen molar-refractivity contribution < 1.29 is 0 Å². The standard InChI is InChI=1S/C16H19N3/c1-11-9-16(2,3)13-10-17-15(19-14(11)13)18-12-7-5-4-6-8-12/h4-8,10-11H,9H2,1-3H3,(H,17,18,19). The predicted molar refractivity (Wildman–Crippen MR) is 77.8 cm³/mol. The van der Waals surface area contributed by atoms with Crippen molar-refractivity contribution in [3.8, 4) is 0 Å². The van der Waals surface area contributed by atoms with E-state index >= 15 is 0 Å². The quantitative estimate of drug-likeness (QED) is 0.879. The molecule has 0 saturated heterocycles. The normalized spacial score (nSPS) is 20.1. The van der Waals surface area contributed by atoms with Crippen molar-refractivity contribution in [2.75, 3.05) is 5.32 Å². The maximum atomic E-state index is 4.70. The molecular formula is C16H19N3. The van der Waals surface area contributed by atoms with Gasteiger partial charge in [-0.3, -0.25) is 0 Å². The first-order valence-corrected chi connectivity index (χ1v) is 6.76. The van der Waals surface area contributed by atoms with Crippen LogP contribution in [0, 0.1) is 0 Å². The van der Waals surface area contributed by atoms with E-state index in [1.165, 1.54) is 11.3 Å². The lowest BCUT2D eigenvalue weighted by molar-refractivity contribution is 0.488. The zero-order chi connectivity index (χ0) is 13.5. The smallest absolute Gasteiger partial charge is 0.227 e. The van der Waals surface area contributed by atoms with Crippen LogP contribution >= 0.6 is 0 Å². The number of aromatic nitrogens is 2. The Morgan fingerprint density at radius 1 is 1.21 bits per heavy atom. The Hall–Kier alpha value is -1.90. The van der Waals surface area contributed by atoms with Crippen molar-refractivity contribution in [2.45, 2.75) is 38.5 Å². The zero-order valence-electron chi connectivity index (χ0n) is 11.6. The molecule has 1 heterocycles. The van der Waals surface area contributed by atoms with Gasteiger partial charge in [0.05, 0.1) is 5.69 Å². The van der Waals surface area contributed by atoms with Crippen LogP contribution in [0.5, 0.6) is 0 Å². The number of benzene rings is 1. The van der Waals surface area contributed by atoms with E-state index in [-0.39, 0.29) is 5.41 Å². The third-order valence-corrected chi connectivity index (χ3v) is 3.86. The molecule has 0 aliphatic heterocycles. The highest BCUT2D eigenvalue weighted by atomic mass is 15.1. The molecule has 0 saturated carbocycles. The number of nitrogens with one attached hydrogen (secondary N) is 1. The lowest BCUT2D eigenvalue weighted by Gasteiger charge is -2.18. The topological polar surface area (TPSA) is 37.8 Å². The minimum absolute atomic E-state index is 0.194. The van der Waals surface area contributed by atoms with E-state index in [9.17, 15) is 0 Å². The number of anilines is 2. The summed E-state index contributed by atoms with van der Waals surface area (Å²) in [4.78, 5) is 9.16. The lowest BCUT2D eigenvalue weighted by Crippen LogP contribution is -2.13. The second-order valence-corrected chi connectivity index (χ2v) is 5.97. The summed E-state index contributed by atoms with van der Waals surface area (Å²) in [6.45, 7) is 6.78. The second kappa shape index (κ2) is 4.34. The Balaban J connectivity index is 1.93. The molecule has 0 bridgehead atoms. The van der Waals surface area contributed by atoms with Gasteiger partial charge in [0.15, 0.2) is 0 Å². The van der Waals surface area contributed by atoms with Gasteiger partial charge in [-0.1, -0.05) is 39.0 Å². The summed E-state index contributed by atoms with van der Waals surface area (Å²) < 4.78 is 0. The fraction of sp³-hybridized carbons (Fsp3) is 0.375. The van der Waals surface area contributed by atoms with E-state index in [0.717, 1.165) is 12.1 Å². The summed E-state index contributed by atoms with van der Waals surface area (Å²) in [5.74, 6) is 1.19. The molecule has 1 aliphatic carbocycles. The van der Waals surface area contributed by atoms with Gasteiger partial charge in [0.2, 0.25) is 5.95 Å². The van der Waals surface area contributed by atoms with Crippen LogP contribution in [0.3, 0.4) is 0 Å². The third-order valence-electron chi connectivity index (χ3n) is 3.86. The maximum Gasteiger partial charge on any atom is 0.227 e. The first-order valence-electron chi connectivity index (χ1n) is 6.76. The molecule has 0 amide bonds. The molecule has 0 radical (unpaired) electrons. The van der Waals surface area contributed by atoms with E-state index in [0.29, 0.717) is 11.9 Å². The fourth-order valence-corrected chi connectivity index (χ4v) is 2.98. The largest absolute Gasteiger partial charge is 0.324 e. The molecule has 1 aliphatic rings. The molecular weight excluding hydrogens is 234 g/mol. The molecule has 3 nitrogen and oxygen atoms in total. The summed E-state index contributed by atoms with van der Waals surface area (Å²) in [6, 6.07) is 10.0. The van der Waals surface area contributed by atoms with Gasteiger partial charge in [-0.2, -0.15) is 0 Å². The highest BCUT2D eigenvalue weighted by Gasteiger charge is 2.36. The summed E-state index contributed by atoms with van der Waals surface area (Å²) in [5.41, 5.74) is 3.70. The molecule has 1 atom stereocenters. The number of rotatable bonds is 2. The third kappa shape index (κ3) is 2.21. The van der Waals surface area contributed by atoms with Crippen molar-refractivity contribution in [1.29, 1.82) is 0 Å². The molecule has 3 heteroatoms. The highest BCUT2D eigenvalue weighted by Crippen LogP contribution is 2.44. The molecule has 0 fully saturated rings. The van der Waals surface area contributed by atoms with Gasteiger partial charge >= 0.3 is 0 Å². The molecule has 1 N–H and O–H groups in total. The zero-order valence-corrected chi connectivity index (χ0v) is 11.6. The minimum atomic E-state index is 0.194. The summed E-state index contributed by atoms with van der Waals surface area (Å²) in [5, 5.41) is 3.26. The van der Waals surface area contributed by atoms with Gasteiger partial charge in [0, 0.05) is 11.9 Å². The van der Waals surface area contributed by atoms with Crippen LogP contribution in [0.4, 0.5) is 11.6 Å². The number of hydrogen-bond acceptors (Lipinski definition) is 3. The summed E-state index contributed by atoms with van der Waals surface area (Å²) in [7, 11) is 0. The maximum absolute atomic E-state index is 4.70. The Morgan fingerprint density at radius 3 is 2.68 bits per heavy atom. The molecule has 1 aromatic heterocycles. The number of hydrogen-bond donors (Lipinski definition) is 1. The molecule has 2 aromatic rings. The van der Waals surface area contributed by atoms with Crippen LogP contribution in [0.15, 0.2) is 36.5 Å². The van der Waals surface area contributed by atoms with Crippen LogP contribution in [-0.4, -0.2) is 9.97 Å². The van der Waals surface area contributed by atoms with Crippen molar-refractivity contribution in [2.24, 2.45) is 0 Å². The van der Waals surface area contributed by atoms with Gasteiger partial charge in [-0.05, 0) is 35.4 Å². The predicted octanol–water partition coefficient (Wildman–Crippen LogP) is 4.01. The minimum Gasteiger partial charge on any atom is -0.324 e. The van der Waals surface area contributed by atoms with Gasteiger partial charge in [-0.15, -0.1) is 0 Å². The van der Waals surface area contributed by atoms with Crippen LogP contribution < -0.4 is 5.32 Å². The van der Waals surface area contributed by atoms with Gasteiger partial charge in [-0.25, -0.2) is 9.97 Å². The molecule has 19 heavy (non-hydrogen) atoms. The van der Waals surface area contributed by atoms with Gasteiger partial charge < -0.3 is 5.32 Å². The molecule has 0 spiro atoms. The van der Waals surface area contributed by atoms with Crippen LogP contribution in [-0.2, 0) is 5.41 Å². The molecule has 1 unspecified atom stereocenters. The first kappa shape index (κ1) is 12.2. The molecule has 3 rings (SSSR count). The Morgan fingerprint density at radius 2 is 1.95 bits per heavy atom. The number of para-hydroxylation sites is 1. The van der Waals surface area contributed by atoms with E-state index in [1.807, 2.05) is 36.5 Å². The second-order valence-electron chi connectivity index (χ2n) is 5.97. The average Bonchev–Trinajstić information content (AvgIpc) is 2.61. The van der Waals surface area contributed by atoms with E-state index in [2.05, 4.69) is 31.1 Å². The van der Waals surface area contributed by atoms with Crippen molar-refractivity contribution >= 4 is 11.6 Å². The Labute approximate surface area is 114 Å². The van der Waals surface area contributed by atoms with Crippen molar-refractivity contribution in [3.63, 3.8) is 0 Å². The van der Waals surface area contributed by atoms with Crippen molar-refractivity contribution in [1.82, 2.24) is 9.97 Å². The Kier molecular flexibility index (Phi) is 2.77. The summed E-state index contributed by atoms with van der Waals surface area (Å²) in [6.07, 6.45) is 3.13. The number of nitrogens with zero attached hydrogens (tertiary/aromatic N) is 2.